The Bertz CT molecular complexity index is 566. The SMILES string of the molecule is Nc1ccccc1NC(=S)NC(=O)c1ccco1. The summed E-state index contributed by atoms with van der Waals surface area (Å²) in [4.78, 5) is 11.6. The summed E-state index contributed by atoms with van der Waals surface area (Å²) in [5.74, 6) is -0.216. The van der Waals surface area contributed by atoms with Gasteiger partial charge >= 0.3 is 0 Å². The number of benzene rings is 1. The fourth-order valence-electron chi connectivity index (χ4n) is 1.34. The lowest BCUT2D eigenvalue weighted by molar-refractivity contribution is 0.0950. The van der Waals surface area contributed by atoms with Crippen molar-refractivity contribution < 1.29 is 9.21 Å². The van der Waals surface area contributed by atoms with Crippen molar-refractivity contribution in [2.75, 3.05) is 11.1 Å². The molecule has 0 unspecified atom stereocenters. The first kappa shape index (κ1) is 12.1. The fourth-order valence-corrected chi connectivity index (χ4v) is 1.54. The second-order valence-electron chi connectivity index (χ2n) is 3.47. The first-order chi connectivity index (χ1) is 8.66. The van der Waals surface area contributed by atoms with Crippen LogP contribution in [0.2, 0.25) is 0 Å². The number of anilines is 2. The zero-order chi connectivity index (χ0) is 13.0. The van der Waals surface area contributed by atoms with Crippen LogP contribution in [0.25, 0.3) is 0 Å². The third kappa shape index (κ3) is 2.86. The van der Waals surface area contributed by atoms with E-state index in [0.717, 1.165) is 0 Å². The Morgan fingerprint density at radius 3 is 2.67 bits per heavy atom. The highest BCUT2D eigenvalue weighted by Crippen LogP contribution is 2.16. The van der Waals surface area contributed by atoms with E-state index in [1.54, 1.807) is 24.3 Å². The molecular weight excluding hydrogens is 250 g/mol. The van der Waals surface area contributed by atoms with Crippen LogP contribution in [0, 0.1) is 0 Å². The Morgan fingerprint density at radius 1 is 1.22 bits per heavy atom. The minimum atomic E-state index is -0.410. The zero-order valence-corrected chi connectivity index (χ0v) is 10.2. The molecule has 6 heteroatoms. The average Bonchev–Trinajstić information content (AvgIpc) is 2.85. The molecule has 0 aliphatic heterocycles. The van der Waals surface area contributed by atoms with Gasteiger partial charge in [0, 0.05) is 0 Å². The van der Waals surface area contributed by atoms with E-state index in [9.17, 15) is 4.79 Å². The smallest absolute Gasteiger partial charge is 0.293 e. The number of furan rings is 1. The van der Waals surface area contributed by atoms with Crippen LogP contribution in [0.15, 0.2) is 47.1 Å². The summed E-state index contributed by atoms with van der Waals surface area (Å²) in [5.41, 5.74) is 6.93. The van der Waals surface area contributed by atoms with Crippen LogP contribution < -0.4 is 16.4 Å². The Labute approximate surface area is 109 Å². The van der Waals surface area contributed by atoms with Crippen molar-refractivity contribution >= 4 is 34.6 Å². The van der Waals surface area contributed by atoms with E-state index in [2.05, 4.69) is 10.6 Å². The van der Waals surface area contributed by atoms with E-state index in [-0.39, 0.29) is 10.9 Å². The highest BCUT2D eigenvalue weighted by Gasteiger charge is 2.10. The highest BCUT2D eigenvalue weighted by atomic mass is 32.1. The highest BCUT2D eigenvalue weighted by molar-refractivity contribution is 7.80. The third-order valence-corrected chi connectivity index (χ3v) is 2.39. The molecule has 0 fully saturated rings. The Kier molecular flexibility index (Phi) is 3.59. The molecule has 1 aromatic carbocycles. The molecule has 1 aromatic heterocycles. The van der Waals surface area contributed by atoms with Crippen molar-refractivity contribution in [1.82, 2.24) is 5.32 Å². The molecule has 0 saturated heterocycles. The summed E-state index contributed by atoms with van der Waals surface area (Å²) in [6.45, 7) is 0. The maximum absolute atomic E-state index is 11.6. The van der Waals surface area contributed by atoms with Crippen LogP contribution >= 0.6 is 12.2 Å². The Balaban J connectivity index is 1.98. The molecule has 0 aliphatic carbocycles. The van der Waals surface area contributed by atoms with Crippen LogP contribution in [-0.4, -0.2) is 11.0 Å². The van der Waals surface area contributed by atoms with Crippen LogP contribution in [0.5, 0.6) is 0 Å². The molecule has 1 amide bonds. The van der Waals surface area contributed by atoms with E-state index in [1.165, 1.54) is 6.26 Å². The first-order valence-corrected chi connectivity index (χ1v) is 5.58. The van der Waals surface area contributed by atoms with Gasteiger partial charge in [0.2, 0.25) is 0 Å². The number of carbonyl (C=O) groups is 1. The second kappa shape index (κ2) is 5.33. The van der Waals surface area contributed by atoms with Crippen LogP contribution in [0.3, 0.4) is 0 Å². The number of thiocarbonyl (C=S) groups is 1. The normalized spacial score (nSPS) is 9.78. The van der Waals surface area contributed by atoms with Gasteiger partial charge < -0.3 is 15.5 Å². The van der Waals surface area contributed by atoms with Crippen molar-refractivity contribution in [3.05, 3.63) is 48.4 Å². The van der Waals surface area contributed by atoms with Gasteiger partial charge in [-0.15, -0.1) is 0 Å². The summed E-state index contributed by atoms with van der Waals surface area (Å²) in [5, 5.41) is 5.49. The van der Waals surface area contributed by atoms with E-state index < -0.39 is 5.91 Å². The van der Waals surface area contributed by atoms with Crippen molar-refractivity contribution in [2.24, 2.45) is 0 Å². The average molecular weight is 261 g/mol. The number of nitrogens with two attached hydrogens (primary N) is 1. The maximum atomic E-state index is 11.6. The van der Waals surface area contributed by atoms with Gasteiger partial charge in [-0.05, 0) is 36.5 Å². The van der Waals surface area contributed by atoms with Gasteiger partial charge in [0.15, 0.2) is 10.9 Å². The van der Waals surface area contributed by atoms with Gasteiger partial charge in [0.25, 0.3) is 5.91 Å². The van der Waals surface area contributed by atoms with Crippen molar-refractivity contribution in [3.63, 3.8) is 0 Å². The van der Waals surface area contributed by atoms with Gasteiger partial charge in [-0.2, -0.15) is 0 Å². The maximum Gasteiger partial charge on any atom is 0.293 e. The molecule has 0 spiro atoms. The summed E-state index contributed by atoms with van der Waals surface area (Å²) in [7, 11) is 0. The molecule has 0 radical (unpaired) electrons. The van der Waals surface area contributed by atoms with E-state index >= 15 is 0 Å². The van der Waals surface area contributed by atoms with E-state index in [0.29, 0.717) is 11.4 Å². The summed E-state index contributed by atoms with van der Waals surface area (Å²) >= 11 is 5.01. The van der Waals surface area contributed by atoms with Gasteiger partial charge in [-0.1, -0.05) is 12.1 Å². The number of para-hydroxylation sites is 2. The van der Waals surface area contributed by atoms with Crippen LogP contribution in [-0.2, 0) is 0 Å². The molecule has 2 rings (SSSR count). The number of amides is 1. The zero-order valence-electron chi connectivity index (χ0n) is 9.34. The van der Waals surface area contributed by atoms with Crippen molar-refractivity contribution in [3.8, 4) is 0 Å². The second-order valence-corrected chi connectivity index (χ2v) is 3.88. The number of nitrogen functional groups attached to an aromatic ring is 1. The number of hydrogen-bond donors (Lipinski definition) is 3. The van der Waals surface area contributed by atoms with Crippen molar-refractivity contribution in [1.29, 1.82) is 0 Å². The lowest BCUT2D eigenvalue weighted by atomic mass is 10.3. The predicted octanol–water partition coefficient (Wildman–Crippen LogP) is 1.99. The molecule has 0 saturated carbocycles. The number of carbonyl (C=O) groups excluding carboxylic acids is 1. The lowest BCUT2D eigenvalue weighted by Crippen LogP contribution is -2.34. The van der Waals surface area contributed by atoms with Gasteiger partial charge in [0.1, 0.15) is 0 Å². The topological polar surface area (TPSA) is 80.3 Å². The van der Waals surface area contributed by atoms with Gasteiger partial charge in [-0.3, -0.25) is 10.1 Å². The lowest BCUT2D eigenvalue weighted by Gasteiger charge is -2.10. The molecule has 18 heavy (non-hydrogen) atoms. The fraction of sp³-hybridized carbons (Fsp3) is 0. The van der Waals surface area contributed by atoms with Gasteiger partial charge in [0.05, 0.1) is 17.6 Å². The van der Waals surface area contributed by atoms with E-state index in [1.807, 2.05) is 12.1 Å². The molecule has 5 nitrogen and oxygen atoms in total. The molecule has 92 valence electrons. The quantitative estimate of drug-likeness (QED) is 0.569. The molecule has 2 aromatic rings. The molecule has 1 heterocycles. The summed E-state index contributed by atoms with van der Waals surface area (Å²) < 4.78 is 4.95. The molecular formula is C12H11N3O2S. The molecule has 0 atom stereocenters. The summed E-state index contributed by atoms with van der Waals surface area (Å²) in [6, 6.07) is 10.3. The molecule has 0 bridgehead atoms. The Morgan fingerprint density at radius 2 is 2.00 bits per heavy atom. The Hall–Kier alpha value is -2.34. The number of nitrogens with one attached hydrogen (secondary N) is 2. The van der Waals surface area contributed by atoms with Crippen molar-refractivity contribution in [2.45, 2.75) is 0 Å². The minimum Gasteiger partial charge on any atom is -0.459 e. The standard InChI is InChI=1S/C12H11N3O2S/c13-8-4-1-2-5-9(8)14-12(18)15-11(16)10-6-3-7-17-10/h1-7H,13H2,(H2,14,15,16,18). The van der Waals surface area contributed by atoms with Crippen LogP contribution in [0.1, 0.15) is 10.6 Å². The third-order valence-electron chi connectivity index (χ3n) is 2.18. The molecule has 0 aliphatic rings. The van der Waals surface area contributed by atoms with E-state index in [4.69, 9.17) is 22.4 Å². The summed E-state index contributed by atoms with van der Waals surface area (Å²) in [6.07, 6.45) is 1.42. The first-order valence-electron chi connectivity index (χ1n) is 5.17. The number of rotatable bonds is 2. The minimum absolute atomic E-state index is 0.161. The number of hydrogen-bond acceptors (Lipinski definition) is 4. The monoisotopic (exact) mass is 261 g/mol. The van der Waals surface area contributed by atoms with Gasteiger partial charge in [-0.25, -0.2) is 0 Å². The predicted molar refractivity (Wildman–Crippen MR) is 73.2 cm³/mol. The largest absolute Gasteiger partial charge is 0.459 e. The van der Waals surface area contributed by atoms with Crippen LogP contribution in [0.4, 0.5) is 11.4 Å². The molecule has 4 N–H and O–H groups in total.